The number of benzene rings is 1. The van der Waals surface area contributed by atoms with Crippen LogP contribution in [0.3, 0.4) is 0 Å². The molecule has 1 aromatic rings. The molecule has 0 atom stereocenters. The van der Waals surface area contributed by atoms with E-state index in [1.165, 1.54) is 6.26 Å². The van der Waals surface area contributed by atoms with Crippen molar-refractivity contribution < 1.29 is 14.3 Å². The Morgan fingerprint density at radius 3 is 2.19 bits per heavy atom. The second-order valence-corrected chi connectivity index (χ2v) is 5.78. The number of amides is 1. The van der Waals surface area contributed by atoms with Gasteiger partial charge in [0.15, 0.2) is 0 Å². The summed E-state index contributed by atoms with van der Waals surface area (Å²) < 4.78 is 10.5. The summed E-state index contributed by atoms with van der Waals surface area (Å²) in [6.45, 7) is 9.37. The molecule has 4 nitrogen and oxygen atoms in total. The third-order valence-electron chi connectivity index (χ3n) is 3.48. The lowest BCUT2D eigenvalue weighted by atomic mass is 9.92. The minimum atomic E-state index is -0.260. The highest BCUT2D eigenvalue weighted by Gasteiger charge is 2.20. The van der Waals surface area contributed by atoms with Crippen LogP contribution >= 0.6 is 0 Å². The first-order valence-corrected chi connectivity index (χ1v) is 7.39. The molecule has 0 saturated carbocycles. The van der Waals surface area contributed by atoms with Gasteiger partial charge in [-0.3, -0.25) is 4.79 Å². The van der Waals surface area contributed by atoms with E-state index in [1.54, 1.807) is 0 Å². The molecule has 0 spiro atoms. The Balaban J connectivity index is 2.33. The molecule has 1 amide bonds. The van der Waals surface area contributed by atoms with Gasteiger partial charge in [-0.15, -0.1) is 0 Å². The number of nitrogens with one attached hydrogen (secondary N) is 1. The molecule has 1 aliphatic heterocycles. The first-order valence-electron chi connectivity index (χ1n) is 7.39. The molecule has 0 bridgehead atoms. The Morgan fingerprint density at radius 2 is 1.71 bits per heavy atom. The average molecular weight is 289 g/mol. The zero-order valence-electron chi connectivity index (χ0n) is 13.1. The van der Waals surface area contributed by atoms with E-state index in [2.05, 4.69) is 45.1 Å². The van der Waals surface area contributed by atoms with Crippen LogP contribution in [0.2, 0.25) is 0 Å². The Kier molecular flexibility index (Phi) is 4.89. The van der Waals surface area contributed by atoms with Crippen molar-refractivity contribution in [3.8, 4) is 0 Å². The normalized spacial score (nSPS) is 14.5. The minimum Gasteiger partial charge on any atom is -0.494 e. The van der Waals surface area contributed by atoms with Crippen LogP contribution in [0.25, 0.3) is 0 Å². The first kappa shape index (κ1) is 15.4. The maximum atomic E-state index is 12.3. The van der Waals surface area contributed by atoms with Gasteiger partial charge in [0.05, 0.1) is 0 Å². The quantitative estimate of drug-likeness (QED) is 0.918. The Bertz CT molecular complexity index is 521. The molecule has 0 unspecified atom stereocenters. The van der Waals surface area contributed by atoms with E-state index in [0.29, 0.717) is 25.0 Å². The fourth-order valence-electron chi connectivity index (χ4n) is 2.36. The zero-order chi connectivity index (χ0) is 15.4. The predicted octanol–water partition coefficient (Wildman–Crippen LogP) is 3.76. The van der Waals surface area contributed by atoms with Gasteiger partial charge in [0.1, 0.15) is 19.5 Å². The monoisotopic (exact) mass is 289 g/mol. The smallest absolute Gasteiger partial charge is 0.294 e. The molecular weight excluding hydrogens is 266 g/mol. The van der Waals surface area contributed by atoms with Gasteiger partial charge in [-0.2, -0.15) is 0 Å². The van der Waals surface area contributed by atoms with Crippen molar-refractivity contribution in [3.63, 3.8) is 0 Å². The van der Waals surface area contributed by atoms with Crippen LogP contribution in [0.1, 0.15) is 50.7 Å². The van der Waals surface area contributed by atoms with E-state index in [0.717, 1.165) is 16.8 Å². The maximum Gasteiger partial charge on any atom is 0.294 e. The average Bonchev–Trinajstić information content (AvgIpc) is 2.47. The first-order chi connectivity index (χ1) is 10.0. The molecule has 114 valence electrons. The van der Waals surface area contributed by atoms with Crippen molar-refractivity contribution in [2.75, 3.05) is 18.5 Å². The Hall–Kier alpha value is -1.97. The van der Waals surface area contributed by atoms with Crippen LogP contribution < -0.4 is 5.32 Å². The highest BCUT2D eigenvalue weighted by molar-refractivity contribution is 6.03. The second-order valence-electron chi connectivity index (χ2n) is 5.78. The third-order valence-corrected chi connectivity index (χ3v) is 3.48. The highest BCUT2D eigenvalue weighted by Crippen LogP contribution is 2.32. The number of para-hydroxylation sites is 1. The lowest BCUT2D eigenvalue weighted by Crippen LogP contribution is -2.22. The van der Waals surface area contributed by atoms with E-state index in [1.807, 2.05) is 6.07 Å². The Labute approximate surface area is 126 Å². The highest BCUT2D eigenvalue weighted by atomic mass is 16.6. The van der Waals surface area contributed by atoms with Crippen LogP contribution in [0.15, 0.2) is 30.2 Å². The number of ether oxygens (including phenoxy) is 2. The molecule has 0 saturated heterocycles. The lowest BCUT2D eigenvalue weighted by Gasteiger charge is -2.21. The minimum absolute atomic E-state index is 0.231. The molecule has 0 aromatic heterocycles. The van der Waals surface area contributed by atoms with Gasteiger partial charge in [0.25, 0.3) is 5.91 Å². The molecule has 1 aromatic carbocycles. The van der Waals surface area contributed by atoms with Gasteiger partial charge in [-0.25, -0.2) is 0 Å². The molecule has 21 heavy (non-hydrogen) atoms. The van der Waals surface area contributed by atoms with Gasteiger partial charge in [-0.1, -0.05) is 45.9 Å². The standard InChI is InChI=1S/C17H23NO3/c1-11(2)13-6-5-7-14(12(3)4)16(13)18-17(19)15-10-20-8-9-21-15/h5-7,10-12H,8-9H2,1-4H3,(H,18,19). The number of hydrogen-bond donors (Lipinski definition) is 1. The van der Waals surface area contributed by atoms with Crippen LogP contribution in [0.5, 0.6) is 0 Å². The number of carbonyl (C=O) groups is 1. The molecule has 0 radical (unpaired) electrons. The summed E-state index contributed by atoms with van der Waals surface area (Å²) in [4.78, 5) is 12.3. The summed E-state index contributed by atoms with van der Waals surface area (Å²) in [7, 11) is 0. The third kappa shape index (κ3) is 3.57. The SMILES string of the molecule is CC(C)c1cccc(C(C)C)c1NC(=O)C1=COCCO1. The molecule has 1 heterocycles. The summed E-state index contributed by atoms with van der Waals surface area (Å²) in [6, 6.07) is 6.15. The van der Waals surface area contributed by atoms with Crippen LogP contribution in [0.4, 0.5) is 5.69 Å². The van der Waals surface area contributed by atoms with Crippen molar-refractivity contribution in [2.24, 2.45) is 0 Å². The van der Waals surface area contributed by atoms with Crippen LogP contribution in [0, 0.1) is 0 Å². The largest absolute Gasteiger partial charge is 0.494 e. The van der Waals surface area contributed by atoms with Gasteiger partial charge in [0.2, 0.25) is 5.76 Å². The fourth-order valence-corrected chi connectivity index (χ4v) is 2.36. The fraction of sp³-hybridized carbons (Fsp3) is 0.471. The van der Waals surface area contributed by atoms with E-state index >= 15 is 0 Å². The molecule has 0 fully saturated rings. The number of hydrogen-bond acceptors (Lipinski definition) is 3. The van der Waals surface area contributed by atoms with E-state index < -0.39 is 0 Å². The van der Waals surface area contributed by atoms with Crippen LogP contribution in [-0.4, -0.2) is 19.1 Å². The summed E-state index contributed by atoms with van der Waals surface area (Å²) >= 11 is 0. The van der Waals surface area contributed by atoms with Crippen molar-refractivity contribution in [3.05, 3.63) is 41.3 Å². The van der Waals surface area contributed by atoms with Gasteiger partial charge in [-0.05, 0) is 23.0 Å². The van der Waals surface area contributed by atoms with Crippen molar-refractivity contribution in [1.82, 2.24) is 0 Å². The van der Waals surface area contributed by atoms with E-state index in [4.69, 9.17) is 9.47 Å². The molecule has 1 N–H and O–H groups in total. The maximum absolute atomic E-state index is 12.3. The second kappa shape index (κ2) is 6.66. The molecule has 0 aliphatic carbocycles. The van der Waals surface area contributed by atoms with Gasteiger partial charge >= 0.3 is 0 Å². The van der Waals surface area contributed by atoms with Crippen molar-refractivity contribution in [1.29, 1.82) is 0 Å². The summed E-state index contributed by atoms with van der Waals surface area (Å²) in [5.74, 6) is 0.632. The topological polar surface area (TPSA) is 47.6 Å². The van der Waals surface area contributed by atoms with Gasteiger partial charge in [0, 0.05) is 5.69 Å². The number of rotatable bonds is 4. The molecule has 2 rings (SSSR count). The number of carbonyl (C=O) groups excluding carboxylic acids is 1. The van der Waals surface area contributed by atoms with Gasteiger partial charge < -0.3 is 14.8 Å². The van der Waals surface area contributed by atoms with E-state index in [9.17, 15) is 4.79 Å². The van der Waals surface area contributed by atoms with E-state index in [-0.39, 0.29) is 11.7 Å². The summed E-state index contributed by atoms with van der Waals surface area (Å²) in [5.41, 5.74) is 3.15. The summed E-state index contributed by atoms with van der Waals surface area (Å²) in [5, 5.41) is 3.00. The van der Waals surface area contributed by atoms with Crippen LogP contribution in [-0.2, 0) is 14.3 Å². The van der Waals surface area contributed by atoms with Crippen molar-refractivity contribution in [2.45, 2.75) is 39.5 Å². The Morgan fingerprint density at radius 1 is 1.10 bits per heavy atom. The lowest BCUT2D eigenvalue weighted by molar-refractivity contribution is -0.117. The number of anilines is 1. The van der Waals surface area contributed by atoms with Crippen molar-refractivity contribution >= 4 is 11.6 Å². The summed E-state index contributed by atoms with van der Waals surface area (Å²) in [6.07, 6.45) is 1.38. The molecular formula is C17H23NO3. The zero-order valence-corrected chi connectivity index (χ0v) is 13.1. The molecule has 4 heteroatoms. The molecule has 1 aliphatic rings. The predicted molar refractivity (Wildman–Crippen MR) is 83.2 cm³/mol.